The number of hydrogen-bond acceptors (Lipinski definition) is 4. The number of nitrogens with zero attached hydrogens (tertiary/aromatic N) is 1. The van der Waals surface area contributed by atoms with Crippen molar-refractivity contribution in [1.29, 1.82) is 0 Å². The summed E-state index contributed by atoms with van der Waals surface area (Å²) < 4.78 is 87.4. The molecule has 0 aliphatic heterocycles. The van der Waals surface area contributed by atoms with Crippen molar-refractivity contribution in [2.75, 3.05) is 5.32 Å². The molecule has 0 aliphatic carbocycles. The SMILES string of the molecule is Oc1c(Nc2ccc(OC(F)F)cc2)cc(-c2cc(F)cc(F)c2)n1-c1ccc(OC(F)F)cc1. The number of anilines is 2. The van der Waals surface area contributed by atoms with Gasteiger partial charge >= 0.3 is 13.2 Å². The van der Waals surface area contributed by atoms with E-state index in [0.29, 0.717) is 11.8 Å². The standard InChI is InChI=1S/C24H16F6N2O3/c25-14-9-13(10-15(26)11-14)21-12-20(31-16-1-5-18(6-2-16)34-23(27)28)22(33)32(21)17-3-7-19(8-4-17)35-24(29)30/h1-12,23-24,31,33H. The minimum atomic E-state index is -3.03. The van der Waals surface area contributed by atoms with Crippen LogP contribution in [-0.2, 0) is 0 Å². The van der Waals surface area contributed by atoms with Crippen molar-refractivity contribution in [3.05, 3.63) is 84.4 Å². The third kappa shape index (κ3) is 5.62. The summed E-state index contributed by atoms with van der Waals surface area (Å²) >= 11 is 0. The van der Waals surface area contributed by atoms with Crippen LogP contribution in [0.5, 0.6) is 17.4 Å². The van der Waals surface area contributed by atoms with Gasteiger partial charge < -0.3 is 19.9 Å². The van der Waals surface area contributed by atoms with E-state index in [2.05, 4.69) is 14.8 Å². The van der Waals surface area contributed by atoms with Crippen molar-refractivity contribution in [1.82, 2.24) is 4.57 Å². The summed E-state index contributed by atoms with van der Waals surface area (Å²) in [5.74, 6) is -2.28. The highest BCUT2D eigenvalue weighted by molar-refractivity contribution is 5.77. The predicted octanol–water partition coefficient (Wildman–Crippen LogP) is 7.07. The molecule has 1 heterocycles. The number of hydrogen-bond donors (Lipinski definition) is 2. The number of nitrogens with one attached hydrogen (secondary N) is 1. The Balaban J connectivity index is 1.75. The smallest absolute Gasteiger partial charge is 0.387 e. The van der Waals surface area contributed by atoms with Gasteiger partial charge in [0.05, 0.1) is 5.69 Å². The molecule has 0 radical (unpaired) electrons. The molecule has 35 heavy (non-hydrogen) atoms. The van der Waals surface area contributed by atoms with E-state index >= 15 is 0 Å². The van der Waals surface area contributed by atoms with Crippen LogP contribution in [0, 0.1) is 11.6 Å². The Kier molecular flexibility index (Phi) is 6.76. The van der Waals surface area contributed by atoms with E-state index in [-0.39, 0.29) is 40.0 Å². The summed E-state index contributed by atoms with van der Waals surface area (Å²) in [5.41, 5.74) is 1.03. The lowest BCUT2D eigenvalue weighted by atomic mass is 10.1. The number of ether oxygens (including phenoxy) is 2. The summed E-state index contributed by atoms with van der Waals surface area (Å²) in [5, 5.41) is 13.8. The molecule has 0 spiro atoms. The molecule has 0 fully saturated rings. The van der Waals surface area contributed by atoms with Crippen LogP contribution in [0.15, 0.2) is 72.8 Å². The third-order valence-electron chi connectivity index (χ3n) is 4.81. The van der Waals surface area contributed by atoms with E-state index in [4.69, 9.17) is 0 Å². The third-order valence-corrected chi connectivity index (χ3v) is 4.81. The first-order valence-corrected chi connectivity index (χ1v) is 9.98. The van der Waals surface area contributed by atoms with Crippen molar-refractivity contribution in [3.8, 4) is 34.3 Å². The van der Waals surface area contributed by atoms with E-state index < -0.39 is 24.9 Å². The maximum atomic E-state index is 13.9. The average molecular weight is 494 g/mol. The maximum Gasteiger partial charge on any atom is 0.387 e. The second-order valence-electron chi connectivity index (χ2n) is 7.16. The second kappa shape index (κ2) is 9.92. The highest BCUT2D eigenvalue weighted by Gasteiger charge is 2.19. The number of aromatic nitrogens is 1. The molecule has 1 aromatic heterocycles. The van der Waals surface area contributed by atoms with E-state index in [1.165, 1.54) is 59.2 Å². The first-order chi connectivity index (χ1) is 16.7. The largest absolute Gasteiger partial charge is 0.493 e. The zero-order valence-corrected chi connectivity index (χ0v) is 17.6. The molecular formula is C24H16F6N2O3. The number of alkyl halides is 4. The van der Waals surface area contributed by atoms with Gasteiger partial charge in [0.15, 0.2) is 0 Å². The van der Waals surface area contributed by atoms with Crippen LogP contribution in [0.4, 0.5) is 37.7 Å². The fourth-order valence-electron chi connectivity index (χ4n) is 3.42. The molecule has 2 N–H and O–H groups in total. The lowest BCUT2D eigenvalue weighted by Gasteiger charge is -2.13. The zero-order valence-electron chi connectivity index (χ0n) is 17.6. The minimum Gasteiger partial charge on any atom is -0.493 e. The number of halogens is 6. The van der Waals surface area contributed by atoms with E-state index in [1.807, 2.05) is 0 Å². The van der Waals surface area contributed by atoms with Crippen molar-refractivity contribution >= 4 is 11.4 Å². The van der Waals surface area contributed by atoms with Crippen molar-refractivity contribution in [2.45, 2.75) is 13.2 Å². The normalized spacial score (nSPS) is 11.2. The number of aromatic hydroxyl groups is 1. The number of rotatable bonds is 8. The van der Waals surface area contributed by atoms with Crippen LogP contribution in [-0.4, -0.2) is 22.9 Å². The summed E-state index contributed by atoms with van der Waals surface area (Å²) in [6.07, 6.45) is 0. The molecule has 182 valence electrons. The van der Waals surface area contributed by atoms with Gasteiger partial charge in [-0.05, 0) is 66.7 Å². The first-order valence-electron chi connectivity index (χ1n) is 9.98. The van der Waals surface area contributed by atoms with Gasteiger partial charge in [-0.2, -0.15) is 17.6 Å². The van der Waals surface area contributed by atoms with Gasteiger partial charge in [-0.1, -0.05) is 0 Å². The molecule has 0 unspecified atom stereocenters. The highest BCUT2D eigenvalue weighted by Crippen LogP contribution is 2.39. The molecule has 11 heteroatoms. The van der Waals surface area contributed by atoms with Gasteiger partial charge in [0, 0.05) is 23.0 Å². The van der Waals surface area contributed by atoms with Gasteiger partial charge in [-0.3, -0.25) is 4.57 Å². The van der Waals surface area contributed by atoms with Crippen LogP contribution in [0.25, 0.3) is 16.9 Å². The molecule has 0 amide bonds. The first kappa shape index (κ1) is 23.9. The molecule has 0 saturated heterocycles. The van der Waals surface area contributed by atoms with Crippen LogP contribution >= 0.6 is 0 Å². The molecule has 3 aromatic carbocycles. The van der Waals surface area contributed by atoms with E-state index in [0.717, 1.165) is 12.1 Å². The molecule has 0 aliphatic rings. The highest BCUT2D eigenvalue weighted by atomic mass is 19.3. The molecule has 0 atom stereocenters. The Labute approximate surface area is 194 Å². The average Bonchev–Trinajstić information content (AvgIpc) is 3.10. The molecule has 0 bridgehead atoms. The van der Waals surface area contributed by atoms with Crippen LogP contribution in [0.2, 0.25) is 0 Å². The Bertz CT molecular complexity index is 1290. The lowest BCUT2D eigenvalue weighted by molar-refractivity contribution is -0.0505. The maximum absolute atomic E-state index is 13.9. The summed E-state index contributed by atoms with van der Waals surface area (Å²) in [6.45, 7) is -6.02. The summed E-state index contributed by atoms with van der Waals surface area (Å²) in [7, 11) is 0. The monoisotopic (exact) mass is 494 g/mol. The van der Waals surface area contributed by atoms with Crippen molar-refractivity contribution in [2.24, 2.45) is 0 Å². The molecule has 5 nitrogen and oxygen atoms in total. The van der Waals surface area contributed by atoms with Crippen LogP contribution in [0.3, 0.4) is 0 Å². The quantitative estimate of drug-likeness (QED) is 0.257. The Morgan fingerprint density at radius 1 is 0.714 bits per heavy atom. The fraction of sp³-hybridized carbons (Fsp3) is 0.0833. The topological polar surface area (TPSA) is 55.6 Å². The van der Waals surface area contributed by atoms with Gasteiger partial charge in [0.2, 0.25) is 5.88 Å². The Morgan fingerprint density at radius 3 is 1.74 bits per heavy atom. The second-order valence-corrected chi connectivity index (χ2v) is 7.16. The van der Waals surface area contributed by atoms with Crippen LogP contribution < -0.4 is 14.8 Å². The van der Waals surface area contributed by atoms with Gasteiger partial charge in [-0.15, -0.1) is 0 Å². The van der Waals surface area contributed by atoms with Gasteiger partial charge in [-0.25, -0.2) is 8.78 Å². The lowest BCUT2D eigenvalue weighted by Crippen LogP contribution is -2.02. The van der Waals surface area contributed by atoms with Crippen LogP contribution in [0.1, 0.15) is 0 Å². The van der Waals surface area contributed by atoms with E-state index in [1.54, 1.807) is 0 Å². The Hall–Kier alpha value is -4.28. The fourth-order valence-corrected chi connectivity index (χ4v) is 3.42. The molecule has 4 rings (SSSR count). The molecule has 0 saturated carbocycles. The minimum absolute atomic E-state index is 0.0747. The van der Waals surface area contributed by atoms with E-state index in [9.17, 15) is 31.4 Å². The zero-order chi connectivity index (χ0) is 25.1. The predicted molar refractivity (Wildman–Crippen MR) is 116 cm³/mol. The molecule has 4 aromatic rings. The van der Waals surface area contributed by atoms with Gasteiger partial charge in [0.1, 0.15) is 28.8 Å². The molecular weight excluding hydrogens is 478 g/mol. The summed E-state index contributed by atoms with van der Waals surface area (Å²) in [4.78, 5) is 0. The summed E-state index contributed by atoms with van der Waals surface area (Å²) in [6, 6.07) is 14.9. The van der Waals surface area contributed by atoms with Gasteiger partial charge in [0.25, 0.3) is 0 Å². The van der Waals surface area contributed by atoms with Crippen molar-refractivity contribution < 1.29 is 40.9 Å². The Morgan fingerprint density at radius 2 is 1.23 bits per heavy atom. The number of benzene rings is 3. The van der Waals surface area contributed by atoms with Crippen molar-refractivity contribution in [3.63, 3.8) is 0 Å².